The zero-order valence-corrected chi connectivity index (χ0v) is 10.6. The van der Waals surface area contributed by atoms with Gasteiger partial charge in [-0.05, 0) is 18.6 Å². The van der Waals surface area contributed by atoms with Crippen molar-refractivity contribution in [3.8, 4) is 11.5 Å². The van der Waals surface area contributed by atoms with Crippen molar-refractivity contribution in [2.75, 3.05) is 27.4 Å². The number of rotatable bonds is 4. The fourth-order valence-electron chi connectivity index (χ4n) is 1.86. The standard InChI is InChI=1S/C13H17NO4/c1-16-11-5-9(6-12(7-11)17-2)13(15)14-10-3-4-18-8-10/h5-7,10H,3-4,8H2,1-2H3,(H,14,15). The lowest BCUT2D eigenvalue weighted by atomic mass is 10.1. The highest BCUT2D eigenvalue weighted by molar-refractivity contribution is 5.95. The highest BCUT2D eigenvalue weighted by atomic mass is 16.5. The molecule has 1 aliphatic rings. The van der Waals surface area contributed by atoms with Crippen LogP contribution in [0.4, 0.5) is 0 Å². The largest absolute Gasteiger partial charge is 0.497 e. The third kappa shape index (κ3) is 2.92. The monoisotopic (exact) mass is 251 g/mol. The van der Waals surface area contributed by atoms with Crippen LogP contribution in [0.25, 0.3) is 0 Å². The van der Waals surface area contributed by atoms with Crippen LogP contribution in [0.15, 0.2) is 18.2 Å². The number of carbonyl (C=O) groups is 1. The molecule has 0 aliphatic carbocycles. The maximum absolute atomic E-state index is 12.1. The van der Waals surface area contributed by atoms with E-state index in [2.05, 4.69) is 5.32 Å². The molecular weight excluding hydrogens is 234 g/mol. The molecule has 1 saturated heterocycles. The number of carbonyl (C=O) groups excluding carboxylic acids is 1. The summed E-state index contributed by atoms with van der Waals surface area (Å²) in [4.78, 5) is 12.1. The molecule has 1 amide bonds. The van der Waals surface area contributed by atoms with Gasteiger partial charge in [-0.25, -0.2) is 0 Å². The average Bonchev–Trinajstić information content (AvgIpc) is 2.90. The second kappa shape index (κ2) is 5.73. The smallest absolute Gasteiger partial charge is 0.251 e. The maximum atomic E-state index is 12.1. The number of methoxy groups -OCH3 is 2. The van der Waals surface area contributed by atoms with Gasteiger partial charge in [0.25, 0.3) is 5.91 Å². The molecule has 1 unspecified atom stereocenters. The third-order valence-electron chi connectivity index (χ3n) is 2.88. The maximum Gasteiger partial charge on any atom is 0.251 e. The molecule has 5 nitrogen and oxygen atoms in total. The Balaban J connectivity index is 2.12. The molecule has 0 saturated carbocycles. The minimum atomic E-state index is -0.136. The van der Waals surface area contributed by atoms with Gasteiger partial charge in [0.15, 0.2) is 0 Å². The van der Waals surface area contributed by atoms with Crippen molar-refractivity contribution in [2.45, 2.75) is 12.5 Å². The average molecular weight is 251 g/mol. The Hall–Kier alpha value is -1.75. The predicted molar refractivity (Wildman–Crippen MR) is 66.2 cm³/mol. The molecule has 0 spiro atoms. The summed E-state index contributed by atoms with van der Waals surface area (Å²) in [6.45, 7) is 1.28. The first-order valence-corrected chi connectivity index (χ1v) is 5.84. The Morgan fingerprint density at radius 2 is 1.94 bits per heavy atom. The number of hydrogen-bond acceptors (Lipinski definition) is 4. The van der Waals surface area contributed by atoms with Crippen molar-refractivity contribution >= 4 is 5.91 Å². The van der Waals surface area contributed by atoms with Crippen molar-refractivity contribution in [1.82, 2.24) is 5.32 Å². The Morgan fingerprint density at radius 1 is 1.28 bits per heavy atom. The van der Waals surface area contributed by atoms with Crippen molar-refractivity contribution in [2.24, 2.45) is 0 Å². The fraction of sp³-hybridized carbons (Fsp3) is 0.462. The van der Waals surface area contributed by atoms with Gasteiger partial charge in [-0.1, -0.05) is 0 Å². The van der Waals surface area contributed by atoms with E-state index < -0.39 is 0 Å². The molecule has 0 aromatic heterocycles. The van der Waals surface area contributed by atoms with E-state index >= 15 is 0 Å². The Morgan fingerprint density at radius 3 is 2.44 bits per heavy atom. The van der Waals surface area contributed by atoms with Crippen LogP contribution in [-0.4, -0.2) is 39.4 Å². The van der Waals surface area contributed by atoms with Crippen LogP contribution in [0.3, 0.4) is 0 Å². The number of benzene rings is 1. The molecule has 5 heteroatoms. The summed E-state index contributed by atoms with van der Waals surface area (Å²) >= 11 is 0. The zero-order chi connectivity index (χ0) is 13.0. The Kier molecular flexibility index (Phi) is 4.04. The van der Waals surface area contributed by atoms with Crippen LogP contribution >= 0.6 is 0 Å². The number of ether oxygens (including phenoxy) is 3. The van der Waals surface area contributed by atoms with Gasteiger partial charge in [-0.15, -0.1) is 0 Å². The summed E-state index contributed by atoms with van der Waals surface area (Å²) in [5.41, 5.74) is 0.526. The SMILES string of the molecule is COc1cc(OC)cc(C(=O)NC2CCOC2)c1. The number of amides is 1. The lowest BCUT2D eigenvalue weighted by Crippen LogP contribution is -2.35. The van der Waals surface area contributed by atoms with E-state index in [1.807, 2.05) is 0 Å². The normalized spacial score (nSPS) is 18.4. The number of hydrogen-bond donors (Lipinski definition) is 1. The van der Waals surface area contributed by atoms with Crippen molar-refractivity contribution in [1.29, 1.82) is 0 Å². The molecule has 1 fully saturated rings. The zero-order valence-electron chi connectivity index (χ0n) is 10.6. The minimum absolute atomic E-state index is 0.0923. The minimum Gasteiger partial charge on any atom is -0.497 e. The van der Waals surface area contributed by atoms with Crippen molar-refractivity contribution in [3.05, 3.63) is 23.8 Å². The van der Waals surface area contributed by atoms with E-state index in [0.29, 0.717) is 30.3 Å². The topological polar surface area (TPSA) is 56.8 Å². The highest BCUT2D eigenvalue weighted by Gasteiger charge is 2.19. The van der Waals surface area contributed by atoms with Gasteiger partial charge in [0.2, 0.25) is 0 Å². The van der Waals surface area contributed by atoms with Crippen LogP contribution < -0.4 is 14.8 Å². The highest BCUT2D eigenvalue weighted by Crippen LogP contribution is 2.22. The summed E-state index contributed by atoms with van der Waals surface area (Å²) in [7, 11) is 3.11. The van der Waals surface area contributed by atoms with Crippen LogP contribution in [0.5, 0.6) is 11.5 Å². The molecule has 1 atom stereocenters. The van der Waals surface area contributed by atoms with E-state index in [0.717, 1.165) is 6.42 Å². The van der Waals surface area contributed by atoms with E-state index in [1.54, 1.807) is 32.4 Å². The van der Waals surface area contributed by atoms with Gasteiger partial charge in [-0.2, -0.15) is 0 Å². The summed E-state index contributed by atoms with van der Waals surface area (Å²) in [5, 5.41) is 2.92. The Bertz CT molecular complexity index is 405. The van der Waals surface area contributed by atoms with E-state index in [-0.39, 0.29) is 11.9 Å². The molecule has 98 valence electrons. The molecule has 2 rings (SSSR count). The molecule has 1 N–H and O–H groups in total. The van der Waals surface area contributed by atoms with Gasteiger partial charge in [0.05, 0.1) is 26.9 Å². The van der Waals surface area contributed by atoms with Crippen LogP contribution in [-0.2, 0) is 4.74 Å². The van der Waals surface area contributed by atoms with Gasteiger partial charge in [0.1, 0.15) is 11.5 Å². The summed E-state index contributed by atoms with van der Waals surface area (Å²) < 4.78 is 15.5. The van der Waals surface area contributed by atoms with Crippen LogP contribution in [0, 0.1) is 0 Å². The summed E-state index contributed by atoms with van der Waals surface area (Å²) in [6.07, 6.45) is 0.854. The van der Waals surface area contributed by atoms with Crippen LogP contribution in [0.1, 0.15) is 16.8 Å². The number of nitrogens with one attached hydrogen (secondary N) is 1. The lowest BCUT2D eigenvalue weighted by molar-refractivity contribution is 0.0929. The van der Waals surface area contributed by atoms with Crippen molar-refractivity contribution < 1.29 is 19.0 Å². The quantitative estimate of drug-likeness (QED) is 0.874. The van der Waals surface area contributed by atoms with Gasteiger partial charge >= 0.3 is 0 Å². The molecule has 0 radical (unpaired) electrons. The molecule has 18 heavy (non-hydrogen) atoms. The van der Waals surface area contributed by atoms with E-state index in [9.17, 15) is 4.79 Å². The van der Waals surface area contributed by atoms with Gasteiger partial charge < -0.3 is 19.5 Å². The second-order valence-corrected chi connectivity index (χ2v) is 4.14. The van der Waals surface area contributed by atoms with Gasteiger partial charge in [-0.3, -0.25) is 4.79 Å². The molecule has 1 aliphatic heterocycles. The molecular formula is C13H17NO4. The molecule has 1 heterocycles. The fourth-order valence-corrected chi connectivity index (χ4v) is 1.86. The Labute approximate surface area is 106 Å². The summed E-state index contributed by atoms with van der Waals surface area (Å²) in [5.74, 6) is 1.06. The van der Waals surface area contributed by atoms with E-state index in [1.165, 1.54) is 0 Å². The molecule has 1 aromatic carbocycles. The van der Waals surface area contributed by atoms with Crippen molar-refractivity contribution in [3.63, 3.8) is 0 Å². The summed E-state index contributed by atoms with van der Waals surface area (Å²) in [6, 6.07) is 5.20. The first-order valence-electron chi connectivity index (χ1n) is 5.84. The van der Waals surface area contributed by atoms with Gasteiger partial charge in [0, 0.05) is 18.2 Å². The second-order valence-electron chi connectivity index (χ2n) is 4.14. The predicted octanol–water partition coefficient (Wildman–Crippen LogP) is 1.22. The lowest BCUT2D eigenvalue weighted by Gasteiger charge is -2.12. The van der Waals surface area contributed by atoms with Crippen LogP contribution in [0.2, 0.25) is 0 Å². The third-order valence-corrected chi connectivity index (χ3v) is 2.88. The molecule has 1 aromatic rings. The first kappa shape index (κ1) is 12.7. The molecule has 0 bridgehead atoms. The first-order chi connectivity index (χ1) is 8.72. The van der Waals surface area contributed by atoms with E-state index in [4.69, 9.17) is 14.2 Å².